The van der Waals surface area contributed by atoms with E-state index in [-0.39, 0.29) is 0 Å². The highest BCUT2D eigenvalue weighted by Crippen LogP contribution is 2.22. The van der Waals surface area contributed by atoms with Gasteiger partial charge in [0.2, 0.25) is 0 Å². The van der Waals surface area contributed by atoms with Crippen LogP contribution in [0.2, 0.25) is 0 Å². The van der Waals surface area contributed by atoms with Gasteiger partial charge in [-0.3, -0.25) is 8.37 Å². The van der Waals surface area contributed by atoms with Gasteiger partial charge in [-0.05, 0) is 46.5 Å². The number of rotatable bonds is 8. The van der Waals surface area contributed by atoms with E-state index in [9.17, 15) is 8.42 Å². The molecule has 8 nitrogen and oxygen atoms in total. The topological polar surface area (TPSA) is 66.8 Å². The van der Waals surface area contributed by atoms with Crippen molar-refractivity contribution in [1.29, 1.82) is 0 Å². The van der Waals surface area contributed by atoms with Gasteiger partial charge >= 0.3 is 10.4 Å². The van der Waals surface area contributed by atoms with E-state index in [0.29, 0.717) is 0 Å². The minimum absolute atomic E-state index is 1.03. The summed E-state index contributed by atoms with van der Waals surface area (Å²) in [6, 6.07) is 26.3. The Bertz CT molecular complexity index is 1480. The van der Waals surface area contributed by atoms with Gasteiger partial charge in [0, 0.05) is 61.8 Å². The van der Waals surface area contributed by atoms with Crippen molar-refractivity contribution >= 4 is 46.1 Å². The van der Waals surface area contributed by atoms with Crippen LogP contribution >= 0.6 is 0 Å². The van der Waals surface area contributed by atoms with E-state index in [2.05, 4.69) is 140 Å². The number of aromatic nitrogens is 2. The first-order chi connectivity index (χ1) is 20.7. The standard InChI is InChI=1S/C32H34N4.C2H6O4S/c1-33-19-15-29(16-20-33)5-3-27-7-11-31(12-8-27)35-23-25-36(26-24-35)32-13-9-28(10-14-32)4-6-30-17-21-34(2)22-18-30;1-5-7(3,4)6-2/h3-22H,23-26H2,1-2H3;1-2H3/q+2;. The van der Waals surface area contributed by atoms with E-state index in [1.807, 2.05) is 23.2 Å². The lowest BCUT2D eigenvalue weighted by molar-refractivity contribution is -0.671. The predicted octanol–water partition coefficient (Wildman–Crippen LogP) is 4.53. The van der Waals surface area contributed by atoms with Crippen LogP contribution in [-0.4, -0.2) is 48.8 Å². The molecule has 2 aromatic carbocycles. The molecule has 0 saturated carbocycles. The van der Waals surface area contributed by atoms with Crippen LogP contribution in [-0.2, 0) is 32.9 Å². The fourth-order valence-corrected chi connectivity index (χ4v) is 4.65. The normalized spacial score (nSPS) is 13.8. The van der Waals surface area contributed by atoms with E-state index < -0.39 is 10.4 Å². The molecule has 5 rings (SSSR count). The lowest BCUT2D eigenvalue weighted by Gasteiger charge is -2.37. The lowest BCUT2D eigenvalue weighted by Crippen LogP contribution is -2.46. The summed E-state index contributed by atoms with van der Waals surface area (Å²) in [4.78, 5) is 4.97. The lowest BCUT2D eigenvalue weighted by atomic mass is 10.1. The Kier molecular flexibility index (Phi) is 11.2. The monoisotopic (exact) mass is 600 g/mol. The van der Waals surface area contributed by atoms with E-state index in [0.717, 1.165) is 40.4 Å². The highest BCUT2D eigenvalue weighted by molar-refractivity contribution is 7.81. The van der Waals surface area contributed by atoms with Crippen LogP contribution in [0.5, 0.6) is 0 Å². The third kappa shape index (κ3) is 9.89. The third-order valence-corrected chi connectivity index (χ3v) is 7.97. The molecule has 1 saturated heterocycles. The summed E-state index contributed by atoms with van der Waals surface area (Å²) in [6.45, 7) is 4.12. The first-order valence-corrected chi connectivity index (χ1v) is 15.4. The first-order valence-electron chi connectivity index (χ1n) is 14.1. The molecule has 4 aromatic rings. The van der Waals surface area contributed by atoms with Crippen molar-refractivity contribution < 1.29 is 25.9 Å². The zero-order chi connectivity index (χ0) is 30.7. The molecule has 0 unspecified atom stereocenters. The molecule has 0 radical (unpaired) electrons. The van der Waals surface area contributed by atoms with Crippen LogP contribution in [0.3, 0.4) is 0 Å². The fourth-order valence-electron chi connectivity index (χ4n) is 4.52. The van der Waals surface area contributed by atoms with Crippen molar-refractivity contribution in [1.82, 2.24) is 0 Å². The number of piperazine rings is 1. The Morgan fingerprint density at radius 2 is 0.814 bits per heavy atom. The maximum Gasteiger partial charge on any atom is 0.399 e. The van der Waals surface area contributed by atoms with Gasteiger partial charge < -0.3 is 9.80 Å². The Hall–Kier alpha value is -4.31. The van der Waals surface area contributed by atoms with Crippen molar-refractivity contribution in [2.45, 2.75) is 0 Å². The summed E-state index contributed by atoms with van der Waals surface area (Å²) in [5, 5.41) is 0. The minimum Gasteiger partial charge on any atom is -0.368 e. The molecule has 9 heteroatoms. The number of anilines is 2. The zero-order valence-corrected chi connectivity index (χ0v) is 26.0. The largest absolute Gasteiger partial charge is 0.399 e. The molecule has 0 aliphatic carbocycles. The second-order valence-corrected chi connectivity index (χ2v) is 11.6. The highest BCUT2D eigenvalue weighted by Gasteiger charge is 2.17. The van der Waals surface area contributed by atoms with Gasteiger partial charge in [0.05, 0.1) is 14.2 Å². The van der Waals surface area contributed by atoms with Crippen molar-refractivity contribution in [3.05, 3.63) is 120 Å². The number of aryl methyl sites for hydroxylation is 2. The average Bonchev–Trinajstić information content (AvgIpc) is 3.05. The molecular formula is C34H40N4O4S+2. The maximum absolute atomic E-state index is 9.92. The number of pyridine rings is 2. The third-order valence-electron chi connectivity index (χ3n) is 7.15. The van der Waals surface area contributed by atoms with Crippen LogP contribution in [0, 0.1) is 0 Å². The zero-order valence-electron chi connectivity index (χ0n) is 25.2. The average molecular weight is 601 g/mol. The van der Waals surface area contributed by atoms with E-state index in [4.69, 9.17) is 0 Å². The van der Waals surface area contributed by atoms with Crippen molar-refractivity contribution in [2.24, 2.45) is 14.1 Å². The van der Waals surface area contributed by atoms with E-state index >= 15 is 0 Å². The number of nitrogens with zero attached hydrogens (tertiary/aromatic N) is 4. The second kappa shape index (κ2) is 15.2. The molecule has 2 aromatic heterocycles. The summed E-state index contributed by atoms with van der Waals surface area (Å²) < 4.78 is 31.6. The predicted molar refractivity (Wildman–Crippen MR) is 173 cm³/mol. The first kappa shape index (κ1) is 31.6. The van der Waals surface area contributed by atoms with E-state index in [1.165, 1.54) is 33.6 Å². The quantitative estimate of drug-likeness (QED) is 0.277. The van der Waals surface area contributed by atoms with Crippen molar-refractivity contribution in [3.8, 4) is 0 Å². The fraction of sp³-hybridized carbons (Fsp3) is 0.235. The molecule has 0 amide bonds. The van der Waals surface area contributed by atoms with Gasteiger partial charge in [-0.1, -0.05) is 48.6 Å². The summed E-state index contributed by atoms with van der Waals surface area (Å²) in [5.74, 6) is 0. The van der Waals surface area contributed by atoms with Crippen molar-refractivity contribution in [3.63, 3.8) is 0 Å². The molecule has 1 aliphatic rings. The molecule has 0 N–H and O–H groups in total. The SMILES string of the molecule is COS(=O)(=O)OC.C[n+]1ccc(C=Cc2ccc(N3CCN(c4ccc(C=Cc5cc[n+](C)cc5)cc4)CC3)cc2)cc1. The molecule has 224 valence electrons. The van der Waals surface area contributed by atoms with Crippen LogP contribution in [0.1, 0.15) is 22.3 Å². The molecular weight excluding hydrogens is 560 g/mol. The molecule has 0 spiro atoms. The minimum atomic E-state index is -3.66. The summed E-state index contributed by atoms with van der Waals surface area (Å²) in [5.41, 5.74) is 7.47. The van der Waals surface area contributed by atoms with Crippen molar-refractivity contribution in [2.75, 3.05) is 50.2 Å². The Morgan fingerprint density at radius 1 is 0.535 bits per heavy atom. The summed E-state index contributed by atoms with van der Waals surface area (Å²) in [7, 11) is 2.47. The van der Waals surface area contributed by atoms with Gasteiger partial charge in [-0.25, -0.2) is 9.13 Å². The van der Waals surface area contributed by atoms with Crippen LogP contribution < -0.4 is 18.9 Å². The highest BCUT2D eigenvalue weighted by atomic mass is 32.3. The van der Waals surface area contributed by atoms with Crippen LogP contribution in [0.15, 0.2) is 97.6 Å². The Balaban J connectivity index is 0.000000541. The van der Waals surface area contributed by atoms with Gasteiger partial charge in [-0.15, -0.1) is 0 Å². The molecule has 1 fully saturated rings. The number of hydrogen-bond acceptors (Lipinski definition) is 6. The van der Waals surface area contributed by atoms with Gasteiger partial charge in [0.15, 0.2) is 24.8 Å². The van der Waals surface area contributed by atoms with Gasteiger partial charge in [0.1, 0.15) is 14.1 Å². The van der Waals surface area contributed by atoms with Crippen LogP contribution in [0.25, 0.3) is 24.3 Å². The van der Waals surface area contributed by atoms with E-state index in [1.54, 1.807) is 0 Å². The number of benzene rings is 2. The van der Waals surface area contributed by atoms with Gasteiger partial charge in [0.25, 0.3) is 0 Å². The Labute approximate surface area is 255 Å². The maximum atomic E-state index is 9.92. The number of hydrogen-bond donors (Lipinski definition) is 0. The summed E-state index contributed by atoms with van der Waals surface area (Å²) >= 11 is 0. The molecule has 3 heterocycles. The van der Waals surface area contributed by atoms with Gasteiger partial charge in [-0.2, -0.15) is 8.42 Å². The van der Waals surface area contributed by atoms with Crippen LogP contribution in [0.4, 0.5) is 11.4 Å². The molecule has 1 aliphatic heterocycles. The smallest absolute Gasteiger partial charge is 0.368 e. The molecule has 0 bridgehead atoms. The summed E-state index contributed by atoms with van der Waals surface area (Å²) in [6.07, 6.45) is 17.0. The molecule has 43 heavy (non-hydrogen) atoms. The second-order valence-electron chi connectivity index (χ2n) is 10.2. The molecule has 0 atom stereocenters. The Morgan fingerprint density at radius 3 is 1.07 bits per heavy atom.